The summed E-state index contributed by atoms with van der Waals surface area (Å²) in [7, 11) is 6.75. The van der Waals surface area contributed by atoms with Crippen molar-refractivity contribution < 1.29 is 18.9 Å². The van der Waals surface area contributed by atoms with Crippen molar-refractivity contribution in [1.82, 2.24) is 4.90 Å². The minimum atomic E-state index is 0.192. The molecule has 6 nitrogen and oxygen atoms in total. The summed E-state index contributed by atoms with van der Waals surface area (Å²) in [5, 5.41) is 0. The Bertz CT molecular complexity index is 963. The molecule has 2 heterocycles. The highest BCUT2D eigenvalue weighted by Crippen LogP contribution is 2.48. The highest BCUT2D eigenvalue weighted by Gasteiger charge is 2.41. The van der Waals surface area contributed by atoms with Crippen molar-refractivity contribution in [3.8, 4) is 23.0 Å². The minimum Gasteiger partial charge on any atom is -0.493 e. The maximum absolute atomic E-state index is 6.71. The van der Waals surface area contributed by atoms with E-state index in [1.165, 1.54) is 36.0 Å². The van der Waals surface area contributed by atoms with Crippen LogP contribution in [0.25, 0.3) is 0 Å². The lowest BCUT2D eigenvalue weighted by molar-refractivity contribution is 0.0728. The third-order valence-corrected chi connectivity index (χ3v) is 7.49. The molecule has 2 aliphatic heterocycles. The first-order chi connectivity index (χ1) is 16.0. The van der Waals surface area contributed by atoms with Gasteiger partial charge < -0.3 is 24.7 Å². The van der Waals surface area contributed by atoms with Crippen molar-refractivity contribution >= 4 is 0 Å². The Balaban J connectivity index is 1.79. The molecule has 4 rings (SSSR count). The largest absolute Gasteiger partial charge is 0.493 e. The topological polar surface area (TPSA) is 66.2 Å². The zero-order chi connectivity index (χ0) is 23.5. The fourth-order valence-corrected chi connectivity index (χ4v) is 5.65. The molecule has 0 bridgehead atoms. The van der Waals surface area contributed by atoms with Crippen LogP contribution < -0.4 is 24.7 Å². The van der Waals surface area contributed by atoms with Gasteiger partial charge >= 0.3 is 0 Å². The third kappa shape index (κ3) is 4.51. The molecular weight excluding hydrogens is 416 g/mol. The predicted octanol–water partition coefficient (Wildman–Crippen LogP) is 4.75. The molecule has 33 heavy (non-hydrogen) atoms. The highest BCUT2D eigenvalue weighted by molar-refractivity contribution is 5.55. The molecule has 0 radical (unpaired) electrons. The van der Waals surface area contributed by atoms with Crippen LogP contribution in [0, 0.1) is 5.92 Å². The molecule has 0 aromatic heterocycles. The molecule has 0 amide bonds. The molecule has 1 saturated heterocycles. The SMILES string of the molecule is CCCC[C@@H]1CN2C[C@H](c3ccc(OC)c(OC)c3)c3cc(OC)c(OC)cc3[C@H]2C[C@@H]1N. The number of hydrogen-bond donors (Lipinski definition) is 1. The van der Waals surface area contributed by atoms with E-state index >= 15 is 0 Å². The van der Waals surface area contributed by atoms with Crippen LogP contribution in [0.15, 0.2) is 30.3 Å². The summed E-state index contributed by atoms with van der Waals surface area (Å²) in [6, 6.07) is 11.1. The Hall–Kier alpha value is -2.44. The van der Waals surface area contributed by atoms with Gasteiger partial charge in [-0.2, -0.15) is 0 Å². The van der Waals surface area contributed by atoms with Crippen LogP contribution in [0.2, 0.25) is 0 Å². The van der Waals surface area contributed by atoms with E-state index in [1.54, 1.807) is 28.4 Å². The quantitative estimate of drug-likeness (QED) is 0.621. The Morgan fingerprint density at radius 3 is 2.12 bits per heavy atom. The number of fused-ring (bicyclic) bond motifs is 3. The molecule has 2 aliphatic rings. The summed E-state index contributed by atoms with van der Waals surface area (Å²) in [4.78, 5) is 2.64. The predicted molar refractivity (Wildman–Crippen MR) is 131 cm³/mol. The first kappa shape index (κ1) is 23.7. The summed E-state index contributed by atoms with van der Waals surface area (Å²) in [6.07, 6.45) is 4.61. The monoisotopic (exact) mass is 454 g/mol. The highest BCUT2D eigenvalue weighted by atomic mass is 16.5. The molecule has 0 spiro atoms. The first-order valence-corrected chi connectivity index (χ1v) is 12.0. The van der Waals surface area contributed by atoms with Gasteiger partial charge in [-0.15, -0.1) is 0 Å². The summed E-state index contributed by atoms with van der Waals surface area (Å²) in [5.41, 5.74) is 10.5. The van der Waals surface area contributed by atoms with Gasteiger partial charge in [0, 0.05) is 31.1 Å². The van der Waals surface area contributed by atoms with Gasteiger partial charge in [-0.25, -0.2) is 0 Å². The van der Waals surface area contributed by atoms with Gasteiger partial charge in [-0.05, 0) is 59.7 Å². The smallest absolute Gasteiger partial charge is 0.161 e. The number of nitrogens with two attached hydrogens (primary N) is 1. The van der Waals surface area contributed by atoms with Crippen LogP contribution in [0.4, 0.5) is 0 Å². The second-order valence-corrected chi connectivity index (χ2v) is 9.27. The molecule has 1 fully saturated rings. The summed E-state index contributed by atoms with van der Waals surface area (Å²) < 4.78 is 22.5. The van der Waals surface area contributed by atoms with Gasteiger partial charge in [0.2, 0.25) is 0 Å². The lowest BCUT2D eigenvalue weighted by atomic mass is 9.75. The van der Waals surface area contributed by atoms with Crippen LogP contribution in [0.3, 0.4) is 0 Å². The fourth-order valence-electron chi connectivity index (χ4n) is 5.65. The fraction of sp³-hybridized carbons (Fsp3) is 0.556. The Kier molecular flexibility index (Phi) is 7.35. The van der Waals surface area contributed by atoms with Crippen LogP contribution in [-0.2, 0) is 0 Å². The zero-order valence-electron chi connectivity index (χ0n) is 20.6. The molecule has 0 unspecified atom stereocenters. The number of nitrogens with zero attached hydrogens (tertiary/aromatic N) is 1. The van der Waals surface area contributed by atoms with Crippen molar-refractivity contribution in [3.05, 3.63) is 47.0 Å². The summed E-state index contributed by atoms with van der Waals surface area (Å²) >= 11 is 0. The molecule has 2 aromatic carbocycles. The van der Waals surface area contributed by atoms with Crippen LogP contribution in [-0.4, -0.2) is 52.5 Å². The first-order valence-electron chi connectivity index (χ1n) is 12.0. The van der Waals surface area contributed by atoms with Gasteiger partial charge in [0.15, 0.2) is 23.0 Å². The van der Waals surface area contributed by atoms with E-state index in [9.17, 15) is 0 Å². The normalized spacial score (nSPS) is 24.5. The number of benzene rings is 2. The lowest BCUT2D eigenvalue weighted by Crippen LogP contribution is -2.51. The van der Waals surface area contributed by atoms with E-state index in [4.69, 9.17) is 24.7 Å². The van der Waals surface area contributed by atoms with Gasteiger partial charge in [-0.3, -0.25) is 4.90 Å². The molecule has 180 valence electrons. The number of methoxy groups -OCH3 is 4. The maximum Gasteiger partial charge on any atom is 0.161 e. The third-order valence-electron chi connectivity index (χ3n) is 7.49. The van der Waals surface area contributed by atoms with Gasteiger partial charge in [-0.1, -0.05) is 25.8 Å². The minimum absolute atomic E-state index is 0.192. The van der Waals surface area contributed by atoms with Crippen molar-refractivity contribution in [3.63, 3.8) is 0 Å². The number of hydrogen-bond acceptors (Lipinski definition) is 6. The second kappa shape index (κ2) is 10.2. The van der Waals surface area contributed by atoms with Gasteiger partial charge in [0.05, 0.1) is 28.4 Å². The van der Waals surface area contributed by atoms with Crippen LogP contribution in [0.5, 0.6) is 23.0 Å². The number of unbranched alkanes of at least 4 members (excludes halogenated alkanes) is 1. The van der Waals surface area contributed by atoms with Crippen molar-refractivity contribution in [1.29, 1.82) is 0 Å². The molecule has 0 aliphatic carbocycles. The van der Waals surface area contributed by atoms with Crippen molar-refractivity contribution in [2.45, 2.75) is 50.6 Å². The van der Waals surface area contributed by atoms with E-state index < -0.39 is 0 Å². The maximum atomic E-state index is 6.71. The van der Waals surface area contributed by atoms with Crippen LogP contribution >= 0.6 is 0 Å². The number of rotatable bonds is 8. The van der Waals surface area contributed by atoms with Crippen molar-refractivity contribution in [2.75, 3.05) is 41.5 Å². The molecule has 6 heteroatoms. The standard InChI is InChI=1S/C27H38N2O4/c1-6-7-8-18-15-29-16-21(17-9-10-24(30-2)25(11-17)31-3)19-12-26(32-4)27(33-5)13-20(19)23(29)14-22(18)28/h9-13,18,21-23H,6-8,14-16,28H2,1-5H3/t18-,21-,22+,23-/m1/s1. The Morgan fingerprint density at radius 2 is 1.48 bits per heavy atom. The molecule has 2 aromatic rings. The van der Waals surface area contributed by atoms with Gasteiger partial charge in [0.1, 0.15) is 0 Å². The molecule has 0 saturated carbocycles. The van der Waals surface area contributed by atoms with E-state index in [-0.39, 0.29) is 12.0 Å². The summed E-state index contributed by atoms with van der Waals surface area (Å²) in [6.45, 7) is 4.22. The average molecular weight is 455 g/mol. The Morgan fingerprint density at radius 1 is 0.848 bits per heavy atom. The van der Waals surface area contributed by atoms with Crippen molar-refractivity contribution in [2.24, 2.45) is 11.7 Å². The van der Waals surface area contributed by atoms with E-state index in [0.29, 0.717) is 12.0 Å². The molecule has 4 atom stereocenters. The van der Waals surface area contributed by atoms with E-state index in [0.717, 1.165) is 42.5 Å². The Labute approximate surface area is 198 Å². The average Bonchev–Trinajstić information content (AvgIpc) is 2.85. The molecular formula is C27H38N2O4. The zero-order valence-corrected chi connectivity index (χ0v) is 20.6. The molecule has 2 N–H and O–H groups in total. The summed E-state index contributed by atoms with van der Waals surface area (Å²) in [5.74, 6) is 3.75. The van der Waals surface area contributed by atoms with E-state index in [2.05, 4.69) is 36.1 Å². The van der Waals surface area contributed by atoms with Crippen LogP contribution in [0.1, 0.15) is 61.3 Å². The number of piperidine rings is 1. The van der Waals surface area contributed by atoms with E-state index in [1.807, 2.05) is 6.07 Å². The van der Waals surface area contributed by atoms with Gasteiger partial charge in [0.25, 0.3) is 0 Å². The number of ether oxygens (including phenoxy) is 4. The lowest BCUT2D eigenvalue weighted by Gasteiger charge is -2.48. The second-order valence-electron chi connectivity index (χ2n) is 9.27.